The molecule has 122 valence electrons. The Kier molecular flexibility index (Phi) is 5.98. The van der Waals surface area contributed by atoms with Crippen LogP contribution < -0.4 is 11.1 Å². The molecule has 0 bridgehead atoms. The molecule has 2 unspecified atom stereocenters. The fraction of sp³-hybridized carbons (Fsp3) is 0.611. The van der Waals surface area contributed by atoms with Crippen LogP contribution in [-0.2, 0) is 4.79 Å². The Morgan fingerprint density at radius 2 is 2.05 bits per heavy atom. The Bertz CT molecular complexity index is 484. The molecule has 1 aliphatic heterocycles. The molecule has 0 aliphatic carbocycles. The van der Waals surface area contributed by atoms with Gasteiger partial charge in [0.2, 0.25) is 5.91 Å². The van der Waals surface area contributed by atoms with Crippen LogP contribution >= 0.6 is 0 Å². The number of hydrogen-bond donors (Lipinski definition) is 2. The summed E-state index contributed by atoms with van der Waals surface area (Å²) in [6.07, 6.45) is 1.12. The molecular weight excluding hydrogens is 274 g/mol. The van der Waals surface area contributed by atoms with Gasteiger partial charge in [0.15, 0.2) is 0 Å². The third-order valence-corrected chi connectivity index (χ3v) is 4.73. The summed E-state index contributed by atoms with van der Waals surface area (Å²) in [5, 5.41) is 2.99. The second-order valence-electron chi connectivity index (χ2n) is 6.82. The molecule has 0 radical (unpaired) electrons. The first kappa shape index (κ1) is 17.0. The zero-order chi connectivity index (χ0) is 16.1. The molecule has 1 saturated heterocycles. The summed E-state index contributed by atoms with van der Waals surface area (Å²) in [6, 6.07) is 8.11. The van der Waals surface area contributed by atoms with Crippen molar-refractivity contribution in [3.05, 3.63) is 29.8 Å². The van der Waals surface area contributed by atoms with E-state index < -0.39 is 0 Å². The van der Waals surface area contributed by atoms with Crippen molar-refractivity contribution in [3.8, 4) is 0 Å². The van der Waals surface area contributed by atoms with Gasteiger partial charge < -0.3 is 11.1 Å². The molecular formula is C18H29N3O. The third-order valence-electron chi connectivity index (χ3n) is 4.73. The molecule has 1 amide bonds. The molecule has 1 aliphatic rings. The van der Waals surface area contributed by atoms with Gasteiger partial charge in [-0.2, -0.15) is 0 Å². The molecule has 1 aromatic carbocycles. The predicted octanol–water partition coefficient (Wildman–Crippen LogP) is 2.67. The lowest BCUT2D eigenvalue weighted by Crippen LogP contribution is -2.45. The van der Waals surface area contributed by atoms with Crippen molar-refractivity contribution in [2.24, 2.45) is 17.6 Å². The third kappa shape index (κ3) is 4.55. The van der Waals surface area contributed by atoms with Gasteiger partial charge in [-0.25, -0.2) is 0 Å². The van der Waals surface area contributed by atoms with E-state index >= 15 is 0 Å². The van der Waals surface area contributed by atoms with Gasteiger partial charge in [0, 0.05) is 12.2 Å². The highest BCUT2D eigenvalue weighted by molar-refractivity contribution is 5.92. The minimum absolute atomic E-state index is 0.0580. The van der Waals surface area contributed by atoms with Crippen molar-refractivity contribution in [2.45, 2.75) is 33.1 Å². The van der Waals surface area contributed by atoms with Crippen LogP contribution in [0, 0.1) is 11.8 Å². The number of amides is 1. The van der Waals surface area contributed by atoms with Gasteiger partial charge in [-0.1, -0.05) is 32.9 Å². The van der Waals surface area contributed by atoms with E-state index in [9.17, 15) is 4.79 Å². The topological polar surface area (TPSA) is 58.4 Å². The van der Waals surface area contributed by atoms with Gasteiger partial charge >= 0.3 is 0 Å². The number of nitrogens with one attached hydrogen (secondary N) is 1. The Morgan fingerprint density at radius 1 is 1.36 bits per heavy atom. The van der Waals surface area contributed by atoms with E-state index in [-0.39, 0.29) is 5.91 Å². The van der Waals surface area contributed by atoms with Crippen molar-refractivity contribution in [1.82, 2.24) is 4.90 Å². The second-order valence-corrected chi connectivity index (χ2v) is 6.82. The molecule has 2 rings (SSSR count). The molecule has 0 aromatic heterocycles. The summed E-state index contributed by atoms with van der Waals surface area (Å²) >= 11 is 0. The van der Waals surface area contributed by atoms with Crippen LogP contribution in [0.5, 0.6) is 0 Å². The molecule has 3 N–H and O–H groups in total. The number of rotatable bonds is 5. The SMILES string of the molecule is CC(C)c1ccc(NC(=O)CN2CCC(C)C(CN)C2)cc1. The average Bonchev–Trinajstić information content (AvgIpc) is 2.49. The fourth-order valence-electron chi connectivity index (χ4n) is 3.03. The standard InChI is InChI=1S/C18H29N3O/c1-13(2)15-4-6-17(7-5-15)20-18(22)12-21-9-8-14(3)16(10-19)11-21/h4-7,13-14,16H,8-12,19H2,1-3H3,(H,20,22). The molecule has 4 nitrogen and oxygen atoms in total. The normalized spacial score (nSPS) is 22.8. The van der Waals surface area contributed by atoms with Crippen LogP contribution in [0.3, 0.4) is 0 Å². The van der Waals surface area contributed by atoms with Crippen molar-refractivity contribution in [2.75, 3.05) is 31.5 Å². The van der Waals surface area contributed by atoms with Crippen LogP contribution in [0.2, 0.25) is 0 Å². The highest BCUT2D eigenvalue weighted by Crippen LogP contribution is 2.22. The molecule has 22 heavy (non-hydrogen) atoms. The number of piperidine rings is 1. The quantitative estimate of drug-likeness (QED) is 0.879. The predicted molar refractivity (Wildman–Crippen MR) is 91.9 cm³/mol. The number of carbonyl (C=O) groups excluding carboxylic acids is 1. The maximum Gasteiger partial charge on any atom is 0.238 e. The number of nitrogens with two attached hydrogens (primary N) is 1. The smallest absolute Gasteiger partial charge is 0.238 e. The average molecular weight is 303 g/mol. The Balaban J connectivity index is 1.85. The van der Waals surface area contributed by atoms with Crippen LogP contribution in [0.1, 0.15) is 38.7 Å². The maximum absolute atomic E-state index is 12.2. The number of carbonyl (C=O) groups is 1. The summed E-state index contributed by atoms with van der Waals surface area (Å²) in [4.78, 5) is 14.4. The summed E-state index contributed by atoms with van der Waals surface area (Å²) in [5.74, 6) is 1.73. The lowest BCUT2D eigenvalue weighted by molar-refractivity contribution is -0.117. The molecule has 1 heterocycles. The van der Waals surface area contributed by atoms with Crippen molar-refractivity contribution >= 4 is 11.6 Å². The number of nitrogens with zero attached hydrogens (tertiary/aromatic N) is 1. The van der Waals surface area contributed by atoms with Crippen LogP contribution in [0.25, 0.3) is 0 Å². The number of likely N-dealkylation sites (tertiary alicyclic amines) is 1. The molecule has 2 atom stereocenters. The zero-order valence-corrected chi connectivity index (χ0v) is 14.0. The minimum Gasteiger partial charge on any atom is -0.330 e. The van der Waals surface area contributed by atoms with Gasteiger partial charge in [0.1, 0.15) is 0 Å². The largest absolute Gasteiger partial charge is 0.330 e. The van der Waals surface area contributed by atoms with Crippen molar-refractivity contribution in [1.29, 1.82) is 0 Å². The first-order chi connectivity index (χ1) is 10.5. The first-order valence-corrected chi connectivity index (χ1v) is 8.31. The highest BCUT2D eigenvalue weighted by atomic mass is 16.2. The number of anilines is 1. The van der Waals surface area contributed by atoms with E-state index in [1.807, 2.05) is 12.1 Å². The lowest BCUT2D eigenvalue weighted by Gasteiger charge is -2.36. The van der Waals surface area contributed by atoms with Gasteiger partial charge in [0.05, 0.1) is 6.54 Å². The van der Waals surface area contributed by atoms with Gasteiger partial charge in [0.25, 0.3) is 0 Å². The zero-order valence-electron chi connectivity index (χ0n) is 14.0. The minimum atomic E-state index is 0.0580. The van der Waals surface area contributed by atoms with Crippen LogP contribution in [-0.4, -0.2) is 37.0 Å². The summed E-state index contributed by atoms with van der Waals surface area (Å²) in [6.45, 7) is 9.66. The molecule has 4 heteroatoms. The molecule has 1 fully saturated rings. The van der Waals surface area contributed by atoms with E-state index in [1.165, 1.54) is 5.56 Å². The monoisotopic (exact) mass is 303 g/mol. The number of benzene rings is 1. The van der Waals surface area contributed by atoms with E-state index in [0.717, 1.165) is 25.2 Å². The Hall–Kier alpha value is -1.39. The van der Waals surface area contributed by atoms with Crippen molar-refractivity contribution < 1.29 is 4.79 Å². The summed E-state index contributed by atoms with van der Waals surface area (Å²) < 4.78 is 0. The molecule has 0 saturated carbocycles. The van der Waals surface area contributed by atoms with E-state index in [0.29, 0.717) is 30.8 Å². The first-order valence-electron chi connectivity index (χ1n) is 8.31. The highest BCUT2D eigenvalue weighted by Gasteiger charge is 2.26. The van der Waals surface area contributed by atoms with E-state index in [2.05, 4.69) is 43.1 Å². The summed E-state index contributed by atoms with van der Waals surface area (Å²) in [7, 11) is 0. The second kappa shape index (κ2) is 7.75. The van der Waals surface area contributed by atoms with Crippen LogP contribution in [0.4, 0.5) is 5.69 Å². The maximum atomic E-state index is 12.2. The lowest BCUT2D eigenvalue weighted by atomic mass is 9.87. The van der Waals surface area contributed by atoms with Crippen LogP contribution in [0.15, 0.2) is 24.3 Å². The van der Waals surface area contributed by atoms with Crippen molar-refractivity contribution in [3.63, 3.8) is 0 Å². The van der Waals surface area contributed by atoms with Gasteiger partial charge in [-0.05, 0) is 55.0 Å². The Morgan fingerprint density at radius 3 is 2.64 bits per heavy atom. The summed E-state index contributed by atoms with van der Waals surface area (Å²) in [5.41, 5.74) is 7.98. The van der Waals surface area contributed by atoms with E-state index in [4.69, 9.17) is 5.73 Å². The molecule has 0 spiro atoms. The van der Waals surface area contributed by atoms with E-state index in [1.54, 1.807) is 0 Å². The van der Waals surface area contributed by atoms with Gasteiger partial charge in [-0.3, -0.25) is 9.69 Å². The number of hydrogen-bond acceptors (Lipinski definition) is 3. The fourth-order valence-corrected chi connectivity index (χ4v) is 3.03. The molecule has 1 aromatic rings. The van der Waals surface area contributed by atoms with Gasteiger partial charge in [-0.15, -0.1) is 0 Å². The Labute approximate surface area is 134 Å².